The second-order valence-electron chi connectivity index (χ2n) is 4.47. The first-order valence-corrected chi connectivity index (χ1v) is 6.09. The Hall–Kier alpha value is -1.07. The summed E-state index contributed by atoms with van der Waals surface area (Å²) in [5.74, 6) is -3.67. The van der Waals surface area contributed by atoms with Gasteiger partial charge < -0.3 is 10.6 Å². The minimum Gasteiger partial charge on any atom is -0.314 e. The summed E-state index contributed by atoms with van der Waals surface area (Å²) >= 11 is 0. The van der Waals surface area contributed by atoms with Crippen LogP contribution in [-0.4, -0.2) is 19.1 Å². The van der Waals surface area contributed by atoms with Gasteiger partial charge in [-0.3, -0.25) is 0 Å². The van der Waals surface area contributed by atoms with Gasteiger partial charge in [0.2, 0.25) is 0 Å². The molecule has 0 fully saturated rings. The fourth-order valence-electron chi connectivity index (χ4n) is 1.53. The van der Waals surface area contributed by atoms with Crippen molar-refractivity contribution in [1.82, 2.24) is 10.6 Å². The Morgan fingerprint density at radius 2 is 1.78 bits per heavy atom. The maximum absolute atomic E-state index is 13.3. The Labute approximate surface area is 106 Å². The van der Waals surface area contributed by atoms with E-state index >= 15 is 0 Å². The number of hydrogen-bond donors (Lipinski definition) is 2. The molecule has 0 spiro atoms. The maximum atomic E-state index is 13.3. The Morgan fingerprint density at radius 1 is 1.06 bits per heavy atom. The van der Waals surface area contributed by atoms with E-state index < -0.39 is 17.5 Å². The molecule has 2 N–H and O–H groups in total. The summed E-state index contributed by atoms with van der Waals surface area (Å²) in [6.45, 7) is 5.88. The average molecular weight is 260 g/mol. The Bertz CT molecular complexity index is 381. The van der Waals surface area contributed by atoms with Crippen LogP contribution in [0.2, 0.25) is 0 Å². The van der Waals surface area contributed by atoms with Crippen LogP contribution in [0.1, 0.15) is 25.8 Å². The molecule has 0 saturated heterocycles. The van der Waals surface area contributed by atoms with E-state index in [4.69, 9.17) is 0 Å². The topological polar surface area (TPSA) is 24.1 Å². The van der Waals surface area contributed by atoms with E-state index in [0.29, 0.717) is 12.6 Å². The molecule has 0 saturated carbocycles. The van der Waals surface area contributed by atoms with Crippen LogP contribution >= 0.6 is 0 Å². The number of halogens is 3. The lowest BCUT2D eigenvalue weighted by atomic mass is 10.2. The Kier molecular flexibility index (Phi) is 6.15. The fraction of sp³-hybridized carbons (Fsp3) is 0.538. The van der Waals surface area contributed by atoms with Crippen LogP contribution in [0.15, 0.2) is 12.1 Å². The first-order chi connectivity index (χ1) is 8.52. The molecule has 1 aromatic rings. The smallest absolute Gasteiger partial charge is 0.194 e. The van der Waals surface area contributed by atoms with Crippen LogP contribution in [0.4, 0.5) is 13.2 Å². The van der Waals surface area contributed by atoms with Crippen molar-refractivity contribution in [2.75, 3.05) is 13.1 Å². The van der Waals surface area contributed by atoms with E-state index in [1.54, 1.807) is 0 Å². The number of hydrogen-bond acceptors (Lipinski definition) is 2. The van der Waals surface area contributed by atoms with Gasteiger partial charge in [0.05, 0.1) is 0 Å². The zero-order chi connectivity index (χ0) is 13.5. The molecule has 0 aromatic heterocycles. The van der Waals surface area contributed by atoms with E-state index in [2.05, 4.69) is 24.5 Å². The molecule has 1 rings (SSSR count). The standard InChI is InChI=1S/C13H19F3N2/c1-9(2)18-7-3-6-17-8-10-4-5-11(14)13(16)12(10)15/h4-5,9,17-18H,3,6-8H2,1-2H3. The predicted molar refractivity (Wildman–Crippen MR) is 65.8 cm³/mol. The lowest BCUT2D eigenvalue weighted by Crippen LogP contribution is -2.27. The van der Waals surface area contributed by atoms with Crippen molar-refractivity contribution in [1.29, 1.82) is 0 Å². The predicted octanol–water partition coefficient (Wildman–Crippen LogP) is 2.58. The number of benzene rings is 1. The monoisotopic (exact) mass is 260 g/mol. The largest absolute Gasteiger partial charge is 0.314 e. The van der Waals surface area contributed by atoms with Crippen molar-refractivity contribution in [3.8, 4) is 0 Å². The molecule has 0 unspecified atom stereocenters. The second-order valence-corrected chi connectivity index (χ2v) is 4.47. The number of rotatable bonds is 7. The zero-order valence-electron chi connectivity index (χ0n) is 10.7. The van der Waals surface area contributed by atoms with Crippen molar-refractivity contribution in [2.45, 2.75) is 32.9 Å². The van der Waals surface area contributed by atoms with E-state index in [1.807, 2.05) is 0 Å². The lowest BCUT2D eigenvalue weighted by Gasteiger charge is -2.09. The van der Waals surface area contributed by atoms with Gasteiger partial charge in [-0.2, -0.15) is 0 Å². The molecule has 18 heavy (non-hydrogen) atoms. The lowest BCUT2D eigenvalue weighted by molar-refractivity contribution is 0.437. The third-order valence-electron chi connectivity index (χ3n) is 2.51. The molecule has 0 atom stereocenters. The van der Waals surface area contributed by atoms with E-state index in [9.17, 15) is 13.2 Å². The average Bonchev–Trinajstić information content (AvgIpc) is 2.33. The van der Waals surface area contributed by atoms with Gasteiger partial charge >= 0.3 is 0 Å². The highest BCUT2D eigenvalue weighted by Gasteiger charge is 2.12. The highest BCUT2D eigenvalue weighted by molar-refractivity contribution is 5.20. The minimum atomic E-state index is -1.41. The summed E-state index contributed by atoms with van der Waals surface area (Å²) in [4.78, 5) is 0. The highest BCUT2D eigenvalue weighted by atomic mass is 19.2. The molecule has 0 heterocycles. The molecule has 0 bridgehead atoms. The molecule has 0 amide bonds. The highest BCUT2D eigenvalue weighted by Crippen LogP contribution is 2.14. The van der Waals surface area contributed by atoms with Gasteiger partial charge in [0.1, 0.15) is 0 Å². The van der Waals surface area contributed by atoms with Gasteiger partial charge in [0.25, 0.3) is 0 Å². The first kappa shape index (κ1) is 15.0. The SMILES string of the molecule is CC(C)NCCCNCc1ccc(F)c(F)c1F. The summed E-state index contributed by atoms with van der Waals surface area (Å²) in [5.41, 5.74) is 0.144. The Morgan fingerprint density at radius 3 is 2.44 bits per heavy atom. The molecule has 2 nitrogen and oxygen atoms in total. The zero-order valence-corrected chi connectivity index (χ0v) is 10.7. The van der Waals surface area contributed by atoms with Gasteiger partial charge in [0, 0.05) is 18.2 Å². The third kappa shape index (κ3) is 4.66. The Balaban J connectivity index is 2.30. The normalized spacial score (nSPS) is 11.2. The van der Waals surface area contributed by atoms with E-state index in [0.717, 1.165) is 19.0 Å². The summed E-state index contributed by atoms with van der Waals surface area (Å²) in [6.07, 6.45) is 0.892. The van der Waals surface area contributed by atoms with Crippen LogP contribution < -0.4 is 10.6 Å². The molecule has 0 aliphatic carbocycles. The molecule has 5 heteroatoms. The summed E-state index contributed by atoms with van der Waals surface area (Å²) < 4.78 is 38.9. The van der Waals surface area contributed by atoms with Gasteiger partial charge in [-0.1, -0.05) is 19.9 Å². The van der Waals surface area contributed by atoms with Crippen molar-refractivity contribution >= 4 is 0 Å². The van der Waals surface area contributed by atoms with Crippen LogP contribution in [0.25, 0.3) is 0 Å². The van der Waals surface area contributed by atoms with Crippen LogP contribution in [-0.2, 0) is 6.54 Å². The molecule has 0 aliphatic rings. The van der Waals surface area contributed by atoms with Gasteiger partial charge in [-0.15, -0.1) is 0 Å². The quantitative estimate of drug-likeness (QED) is 0.581. The number of nitrogens with one attached hydrogen (secondary N) is 2. The van der Waals surface area contributed by atoms with Crippen molar-refractivity contribution in [3.05, 3.63) is 35.1 Å². The van der Waals surface area contributed by atoms with Crippen LogP contribution in [0.3, 0.4) is 0 Å². The van der Waals surface area contributed by atoms with Gasteiger partial charge in [-0.25, -0.2) is 13.2 Å². The molecule has 0 radical (unpaired) electrons. The summed E-state index contributed by atoms with van der Waals surface area (Å²) in [7, 11) is 0. The summed E-state index contributed by atoms with van der Waals surface area (Å²) in [6, 6.07) is 2.64. The molecule has 102 valence electrons. The van der Waals surface area contributed by atoms with Gasteiger partial charge in [0.15, 0.2) is 17.5 Å². The molecule has 0 aliphatic heterocycles. The molecular formula is C13H19F3N2. The third-order valence-corrected chi connectivity index (χ3v) is 2.51. The van der Waals surface area contributed by atoms with E-state index in [1.165, 1.54) is 6.07 Å². The van der Waals surface area contributed by atoms with Crippen LogP contribution in [0, 0.1) is 17.5 Å². The molecule has 1 aromatic carbocycles. The van der Waals surface area contributed by atoms with Crippen molar-refractivity contribution < 1.29 is 13.2 Å². The second kappa shape index (κ2) is 7.38. The van der Waals surface area contributed by atoms with Crippen LogP contribution in [0.5, 0.6) is 0 Å². The van der Waals surface area contributed by atoms with Crippen molar-refractivity contribution in [2.24, 2.45) is 0 Å². The van der Waals surface area contributed by atoms with E-state index in [-0.39, 0.29) is 12.1 Å². The first-order valence-electron chi connectivity index (χ1n) is 6.09. The fourth-order valence-corrected chi connectivity index (χ4v) is 1.53. The summed E-state index contributed by atoms with van der Waals surface area (Å²) in [5, 5.41) is 6.24. The molecular weight excluding hydrogens is 241 g/mol. The maximum Gasteiger partial charge on any atom is 0.194 e. The minimum absolute atomic E-state index is 0.144. The van der Waals surface area contributed by atoms with Gasteiger partial charge in [-0.05, 0) is 25.6 Å². The van der Waals surface area contributed by atoms with Crippen molar-refractivity contribution in [3.63, 3.8) is 0 Å².